The van der Waals surface area contributed by atoms with E-state index in [0.717, 1.165) is 17.7 Å². The topological polar surface area (TPSA) is 94.5 Å². The van der Waals surface area contributed by atoms with Gasteiger partial charge in [-0.05, 0) is 23.8 Å². The van der Waals surface area contributed by atoms with Crippen LogP contribution in [0.15, 0.2) is 18.2 Å². The highest BCUT2D eigenvalue weighted by molar-refractivity contribution is 5.98. The second-order valence-corrected chi connectivity index (χ2v) is 8.16. The van der Waals surface area contributed by atoms with Gasteiger partial charge in [-0.25, -0.2) is 0 Å². The molecule has 1 aliphatic rings. The predicted octanol–water partition coefficient (Wildman–Crippen LogP) is 3.08. The van der Waals surface area contributed by atoms with E-state index in [1.54, 1.807) is 18.2 Å². The number of ketones is 1. The molecule has 2 N–H and O–H groups in total. The normalized spacial score (nSPS) is 16.9. The lowest BCUT2D eigenvalue weighted by atomic mass is 9.86. The molecule has 31 heavy (non-hydrogen) atoms. The van der Waals surface area contributed by atoms with Gasteiger partial charge >= 0.3 is 0 Å². The van der Waals surface area contributed by atoms with Gasteiger partial charge < -0.3 is 33.6 Å². The van der Waals surface area contributed by atoms with Crippen molar-refractivity contribution in [2.24, 2.45) is 0 Å². The number of carbonyl (C=O) groups excluding carboxylic acids is 1. The lowest BCUT2D eigenvalue weighted by Gasteiger charge is -2.43. The lowest BCUT2D eigenvalue weighted by Crippen LogP contribution is -2.48. The van der Waals surface area contributed by atoms with Crippen molar-refractivity contribution < 1.29 is 38.4 Å². The van der Waals surface area contributed by atoms with E-state index in [9.17, 15) is 15.0 Å². The fourth-order valence-corrected chi connectivity index (χ4v) is 4.28. The van der Waals surface area contributed by atoms with Crippen LogP contribution in [0.1, 0.15) is 33.9 Å². The van der Waals surface area contributed by atoms with E-state index >= 15 is 0 Å². The molecular formula is C23H30NO7+. The van der Waals surface area contributed by atoms with Crippen molar-refractivity contribution in [1.29, 1.82) is 0 Å². The van der Waals surface area contributed by atoms with Crippen LogP contribution in [0.5, 0.6) is 34.5 Å². The summed E-state index contributed by atoms with van der Waals surface area (Å²) in [4.78, 5) is 13.4. The maximum absolute atomic E-state index is 13.4. The quantitative estimate of drug-likeness (QED) is 0.394. The minimum atomic E-state index is -0.312. The average molecular weight is 432 g/mol. The average Bonchev–Trinajstić information content (AvgIpc) is 2.75. The highest BCUT2D eigenvalue weighted by atomic mass is 16.5. The van der Waals surface area contributed by atoms with Crippen molar-refractivity contribution in [1.82, 2.24) is 0 Å². The highest BCUT2D eigenvalue weighted by Gasteiger charge is 2.41. The molecule has 3 rings (SSSR count). The second-order valence-electron chi connectivity index (χ2n) is 8.16. The number of phenolic OH excluding ortho intramolecular Hbond substituents is 2. The molecule has 1 heterocycles. The summed E-state index contributed by atoms with van der Waals surface area (Å²) in [6, 6.07) is 4.55. The van der Waals surface area contributed by atoms with Crippen LogP contribution >= 0.6 is 0 Å². The summed E-state index contributed by atoms with van der Waals surface area (Å²) in [6.07, 6.45) is 0.862. The monoisotopic (exact) mass is 432 g/mol. The van der Waals surface area contributed by atoms with Crippen LogP contribution in [0, 0.1) is 0 Å². The fourth-order valence-electron chi connectivity index (χ4n) is 4.28. The number of phenols is 2. The summed E-state index contributed by atoms with van der Waals surface area (Å²) in [7, 11) is 10.0. The van der Waals surface area contributed by atoms with Crippen LogP contribution in [0.4, 0.5) is 0 Å². The number of likely N-dealkylation sites (N-methyl/N-ethyl adjacent to an activating group) is 1. The molecule has 8 nitrogen and oxygen atoms in total. The number of fused-ring (bicyclic) bond motifs is 1. The Morgan fingerprint density at radius 3 is 2.06 bits per heavy atom. The zero-order chi connectivity index (χ0) is 22.9. The predicted molar refractivity (Wildman–Crippen MR) is 115 cm³/mol. The maximum Gasteiger partial charge on any atom is 0.203 e. The number of hydrogen-bond acceptors (Lipinski definition) is 7. The first kappa shape index (κ1) is 22.6. The summed E-state index contributed by atoms with van der Waals surface area (Å²) in [5, 5.41) is 20.5. The number of rotatable bonds is 7. The van der Waals surface area contributed by atoms with Gasteiger partial charge in [-0.3, -0.25) is 4.79 Å². The highest BCUT2D eigenvalue weighted by Crippen LogP contribution is 2.49. The molecule has 0 aliphatic carbocycles. The Kier molecular flexibility index (Phi) is 6.22. The number of methoxy groups -OCH3 is 4. The van der Waals surface area contributed by atoms with Gasteiger partial charge in [-0.2, -0.15) is 0 Å². The number of quaternary nitrogens is 1. The van der Waals surface area contributed by atoms with E-state index in [1.165, 1.54) is 28.4 Å². The molecule has 0 amide bonds. The van der Waals surface area contributed by atoms with Gasteiger partial charge in [0.2, 0.25) is 11.5 Å². The Hall–Kier alpha value is -3.13. The molecule has 2 aromatic carbocycles. The number of nitrogens with zero attached hydrogens (tertiary/aromatic N) is 1. The van der Waals surface area contributed by atoms with Gasteiger partial charge in [0.15, 0.2) is 28.8 Å². The van der Waals surface area contributed by atoms with Gasteiger partial charge in [0.05, 0.1) is 61.1 Å². The molecule has 0 fully saturated rings. The van der Waals surface area contributed by atoms with Crippen LogP contribution in [0.3, 0.4) is 0 Å². The Bertz CT molecular complexity index is 975. The third-order valence-corrected chi connectivity index (χ3v) is 6.06. The molecular weight excluding hydrogens is 402 g/mol. The fraction of sp³-hybridized carbons (Fsp3) is 0.435. The Morgan fingerprint density at radius 2 is 1.55 bits per heavy atom. The molecule has 0 saturated carbocycles. The Morgan fingerprint density at radius 1 is 0.968 bits per heavy atom. The summed E-state index contributed by atoms with van der Waals surface area (Å²) in [5.74, 6) is 0.793. The van der Waals surface area contributed by atoms with Gasteiger partial charge in [0.1, 0.15) is 6.04 Å². The standard InChI is InChI=1S/C23H29NO7/c1-24(2)8-7-13-9-17(26)21(27)23(31-6)20(13)15(24)12-16(25)14-10-18(28-3)22(30-5)19(11-14)29-4/h9-11,15H,7-8,12H2,1-6H3,(H-,26,27)/p+1. The van der Waals surface area contributed by atoms with E-state index < -0.39 is 0 Å². The number of carbonyl (C=O) groups is 1. The molecule has 0 spiro atoms. The van der Waals surface area contributed by atoms with E-state index in [0.29, 0.717) is 33.7 Å². The number of aromatic hydroxyl groups is 2. The van der Waals surface area contributed by atoms with E-state index in [-0.39, 0.29) is 35.5 Å². The van der Waals surface area contributed by atoms with Crippen molar-refractivity contribution in [3.63, 3.8) is 0 Å². The minimum absolute atomic E-state index is 0.113. The van der Waals surface area contributed by atoms with Crippen LogP contribution in [0.25, 0.3) is 0 Å². The van der Waals surface area contributed by atoms with Crippen LogP contribution in [-0.2, 0) is 6.42 Å². The van der Waals surface area contributed by atoms with Crippen LogP contribution in [-0.4, -0.2) is 69.6 Å². The number of benzene rings is 2. The van der Waals surface area contributed by atoms with Gasteiger partial charge in [0, 0.05) is 12.0 Å². The number of hydrogen-bond donors (Lipinski definition) is 2. The summed E-state index contributed by atoms with van der Waals surface area (Å²) >= 11 is 0. The maximum atomic E-state index is 13.4. The SMILES string of the molecule is COc1cc(C(=O)CC2c3c(cc(O)c(O)c3OC)CC[N+]2(C)C)cc(OC)c1OC. The van der Waals surface area contributed by atoms with Crippen molar-refractivity contribution in [2.45, 2.75) is 18.9 Å². The molecule has 0 saturated heterocycles. The lowest BCUT2D eigenvalue weighted by molar-refractivity contribution is -0.922. The molecule has 0 bridgehead atoms. The molecule has 1 atom stereocenters. The van der Waals surface area contributed by atoms with Crippen molar-refractivity contribution in [3.05, 3.63) is 34.9 Å². The largest absolute Gasteiger partial charge is 0.504 e. The molecule has 1 aliphatic heterocycles. The molecule has 8 heteroatoms. The zero-order valence-electron chi connectivity index (χ0n) is 18.8. The zero-order valence-corrected chi connectivity index (χ0v) is 18.8. The Balaban J connectivity index is 2.07. The van der Waals surface area contributed by atoms with Crippen LogP contribution < -0.4 is 18.9 Å². The van der Waals surface area contributed by atoms with E-state index in [1.807, 2.05) is 14.1 Å². The first-order valence-electron chi connectivity index (χ1n) is 9.96. The summed E-state index contributed by atoms with van der Waals surface area (Å²) in [6.45, 7) is 0.771. The molecule has 2 aromatic rings. The number of ether oxygens (including phenoxy) is 4. The Labute approximate surface area is 182 Å². The molecule has 0 aromatic heterocycles. The minimum Gasteiger partial charge on any atom is -0.504 e. The third kappa shape index (κ3) is 3.95. The van der Waals surface area contributed by atoms with Crippen molar-refractivity contribution in [3.8, 4) is 34.5 Å². The molecule has 168 valence electrons. The first-order chi connectivity index (χ1) is 14.7. The smallest absolute Gasteiger partial charge is 0.203 e. The number of Topliss-reactive ketones (excluding diaryl/α,β-unsaturated/α-hetero) is 1. The van der Waals surface area contributed by atoms with Gasteiger partial charge in [-0.15, -0.1) is 0 Å². The van der Waals surface area contributed by atoms with Gasteiger partial charge in [-0.1, -0.05) is 0 Å². The second kappa shape index (κ2) is 8.55. The van der Waals surface area contributed by atoms with E-state index in [2.05, 4.69) is 0 Å². The molecule has 0 radical (unpaired) electrons. The van der Waals surface area contributed by atoms with Crippen LogP contribution in [0.2, 0.25) is 0 Å². The molecule has 1 unspecified atom stereocenters. The first-order valence-corrected chi connectivity index (χ1v) is 9.96. The van der Waals surface area contributed by atoms with Gasteiger partial charge in [0.25, 0.3) is 0 Å². The van der Waals surface area contributed by atoms with Crippen molar-refractivity contribution in [2.75, 3.05) is 49.1 Å². The van der Waals surface area contributed by atoms with Crippen molar-refractivity contribution >= 4 is 5.78 Å². The summed E-state index contributed by atoms with van der Waals surface area (Å²) < 4.78 is 22.1. The third-order valence-electron chi connectivity index (χ3n) is 6.06. The summed E-state index contributed by atoms with van der Waals surface area (Å²) in [5.41, 5.74) is 2.05. The van der Waals surface area contributed by atoms with E-state index in [4.69, 9.17) is 18.9 Å².